The number of ether oxygens (including phenoxy) is 1. The minimum atomic E-state index is -0.797. The number of amides is 1. The van der Waals surface area contributed by atoms with Crippen molar-refractivity contribution in [3.8, 4) is 5.75 Å². The van der Waals surface area contributed by atoms with Gasteiger partial charge in [0.25, 0.3) is 0 Å². The van der Waals surface area contributed by atoms with Gasteiger partial charge in [-0.15, -0.1) is 0 Å². The second-order valence-corrected chi connectivity index (χ2v) is 13.6. The van der Waals surface area contributed by atoms with Gasteiger partial charge in [-0.3, -0.25) is 14.7 Å². The quantitative estimate of drug-likeness (QED) is 0.160. The number of carbonyl (C=O) groups excluding carboxylic acids is 1. The van der Waals surface area contributed by atoms with Crippen LogP contribution in [0.4, 0.5) is 0 Å². The lowest BCUT2D eigenvalue weighted by Gasteiger charge is -2.38. The first-order valence-corrected chi connectivity index (χ1v) is 18.1. The smallest absolute Gasteiger partial charge is 0.232 e. The number of hydrogen-bond acceptors (Lipinski definition) is 6. The first-order chi connectivity index (χ1) is 23.1. The van der Waals surface area contributed by atoms with E-state index in [1.54, 1.807) is 13.3 Å². The number of methoxy groups -OCH3 is 1. The average molecular weight is 640 g/mol. The molecule has 0 radical (unpaired) electrons. The Morgan fingerprint density at radius 2 is 1.49 bits per heavy atom. The zero-order valence-corrected chi connectivity index (χ0v) is 28.9. The van der Waals surface area contributed by atoms with Gasteiger partial charge in [0.15, 0.2) is 0 Å². The number of nitrogens with two attached hydrogens (primary N) is 1. The maximum absolute atomic E-state index is 13.3. The van der Waals surface area contributed by atoms with Crippen LogP contribution >= 0.6 is 0 Å². The minimum absolute atomic E-state index is 0.170. The molecule has 2 aliphatic rings. The van der Waals surface area contributed by atoms with Crippen LogP contribution in [0.2, 0.25) is 0 Å². The number of aromatic nitrogens is 1. The van der Waals surface area contributed by atoms with Gasteiger partial charge in [0, 0.05) is 37.1 Å². The molecule has 1 atom stereocenters. The van der Waals surface area contributed by atoms with E-state index in [1.807, 2.05) is 48.7 Å². The second-order valence-electron chi connectivity index (χ2n) is 13.6. The Morgan fingerprint density at radius 3 is 2.11 bits per heavy atom. The van der Waals surface area contributed by atoms with Gasteiger partial charge in [0.2, 0.25) is 5.91 Å². The number of piperidine rings is 1. The van der Waals surface area contributed by atoms with E-state index in [0.717, 1.165) is 69.1 Å². The van der Waals surface area contributed by atoms with E-state index in [-0.39, 0.29) is 11.8 Å². The number of rotatable bonds is 18. The summed E-state index contributed by atoms with van der Waals surface area (Å²) >= 11 is 0. The Morgan fingerprint density at radius 1 is 0.872 bits per heavy atom. The van der Waals surface area contributed by atoms with Gasteiger partial charge in [0.05, 0.1) is 7.11 Å². The van der Waals surface area contributed by atoms with Crippen molar-refractivity contribution in [3.63, 3.8) is 0 Å². The SMILES string of the molecule is CCN(CCCCCCCCN1CC[C@@H](C(C(N)=O)(c2ccccc2)c2ccccc2)C1)C1CCN(Cc2cnccc2OC)CC1. The third kappa shape index (κ3) is 8.81. The average Bonchev–Trinajstić information content (AvgIpc) is 3.58. The zero-order valence-electron chi connectivity index (χ0n) is 28.9. The second kappa shape index (κ2) is 17.8. The van der Waals surface area contributed by atoms with E-state index in [1.165, 1.54) is 63.5 Å². The summed E-state index contributed by atoms with van der Waals surface area (Å²) in [5.41, 5.74) is 8.69. The molecule has 254 valence electrons. The fourth-order valence-electron chi connectivity index (χ4n) is 8.29. The summed E-state index contributed by atoms with van der Waals surface area (Å²) < 4.78 is 5.53. The summed E-state index contributed by atoms with van der Waals surface area (Å²) in [6.07, 6.45) is 14.9. The molecule has 2 saturated heterocycles. The van der Waals surface area contributed by atoms with Crippen LogP contribution in [0.1, 0.15) is 81.4 Å². The molecule has 47 heavy (non-hydrogen) atoms. The van der Waals surface area contributed by atoms with E-state index < -0.39 is 5.41 Å². The highest BCUT2D eigenvalue weighted by Gasteiger charge is 2.49. The van der Waals surface area contributed by atoms with Crippen LogP contribution in [0.25, 0.3) is 0 Å². The van der Waals surface area contributed by atoms with E-state index >= 15 is 0 Å². The van der Waals surface area contributed by atoms with Gasteiger partial charge in [-0.05, 0) is 94.5 Å². The third-order valence-corrected chi connectivity index (χ3v) is 10.9. The fraction of sp³-hybridized carbons (Fsp3) is 0.550. The van der Waals surface area contributed by atoms with Gasteiger partial charge < -0.3 is 20.3 Å². The first kappa shape index (κ1) is 35.1. The van der Waals surface area contributed by atoms with Crippen LogP contribution < -0.4 is 10.5 Å². The molecule has 0 spiro atoms. The molecule has 3 heterocycles. The largest absolute Gasteiger partial charge is 0.496 e. The van der Waals surface area contributed by atoms with Crippen LogP contribution in [0.5, 0.6) is 5.75 Å². The predicted molar refractivity (Wildman–Crippen MR) is 191 cm³/mol. The molecule has 0 unspecified atom stereocenters. The lowest BCUT2D eigenvalue weighted by atomic mass is 9.64. The van der Waals surface area contributed by atoms with Crippen LogP contribution in [-0.4, -0.2) is 84.6 Å². The summed E-state index contributed by atoms with van der Waals surface area (Å²) in [5.74, 6) is 0.870. The number of hydrogen-bond donors (Lipinski definition) is 1. The molecule has 3 aromatic rings. The van der Waals surface area contributed by atoms with Crippen molar-refractivity contribution in [1.82, 2.24) is 19.7 Å². The first-order valence-electron chi connectivity index (χ1n) is 18.1. The summed E-state index contributed by atoms with van der Waals surface area (Å²) in [6, 6.07) is 23.1. The number of nitrogens with zero attached hydrogens (tertiary/aromatic N) is 4. The van der Waals surface area contributed by atoms with Crippen molar-refractivity contribution < 1.29 is 9.53 Å². The Balaban J connectivity index is 0.988. The summed E-state index contributed by atoms with van der Waals surface area (Å²) in [4.78, 5) is 25.5. The third-order valence-electron chi connectivity index (χ3n) is 10.9. The Bertz CT molecular complexity index is 1310. The standard InChI is InChI=1S/C40H57N5O2/c1-3-45(37-22-28-44(29-23-37)31-33-30-42-24-20-38(33)47-2)26-15-7-5-4-6-14-25-43-27-21-36(32-43)40(39(41)46,34-16-10-8-11-17-34)35-18-12-9-13-19-35/h8-13,16-20,24,30,36-37H,3-7,14-15,21-23,25-29,31-32H2,1-2H3,(H2,41,46)/t36-/m1/s1. The monoisotopic (exact) mass is 639 g/mol. The molecular weight excluding hydrogens is 582 g/mol. The van der Waals surface area contributed by atoms with Crippen molar-refractivity contribution in [3.05, 3.63) is 95.8 Å². The predicted octanol–water partition coefficient (Wildman–Crippen LogP) is 6.51. The van der Waals surface area contributed by atoms with Crippen LogP contribution in [0.3, 0.4) is 0 Å². The van der Waals surface area contributed by atoms with E-state index in [9.17, 15) is 4.79 Å². The van der Waals surface area contributed by atoms with Crippen LogP contribution in [0, 0.1) is 5.92 Å². The number of unbranched alkanes of at least 4 members (excludes halogenated alkanes) is 5. The van der Waals surface area contributed by atoms with Crippen molar-refractivity contribution in [2.75, 3.05) is 52.9 Å². The summed E-state index contributed by atoms with van der Waals surface area (Å²) in [7, 11) is 1.74. The number of pyridine rings is 1. The minimum Gasteiger partial charge on any atom is -0.496 e. The molecule has 2 N–H and O–H groups in total. The molecule has 5 rings (SSSR count). The zero-order chi connectivity index (χ0) is 32.9. The molecular formula is C40H57N5O2. The number of likely N-dealkylation sites (tertiary alicyclic amines) is 2. The highest BCUT2D eigenvalue weighted by atomic mass is 16.5. The topological polar surface area (TPSA) is 74.9 Å². The van der Waals surface area contributed by atoms with Crippen molar-refractivity contribution >= 4 is 5.91 Å². The van der Waals surface area contributed by atoms with Gasteiger partial charge in [0.1, 0.15) is 11.2 Å². The van der Waals surface area contributed by atoms with Crippen LogP contribution in [0.15, 0.2) is 79.1 Å². The van der Waals surface area contributed by atoms with Crippen molar-refractivity contribution in [2.45, 2.75) is 82.7 Å². The van der Waals surface area contributed by atoms with Crippen LogP contribution in [-0.2, 0) is 16.8 Å². The molecule has 2 aromatic carbocycles. The Labute approximate surface area is 283 Å². The Hall–Kier alpha value is -3.26. The van der Waals surface area contributed by atoms with Gasteiger partial charge in [-0.2, -0.15) is 0 Å². The van der Waals surface area contributed by atoms with Gasteiger partial charge in [-0.1, -0.05) is 93.3 Å². The molecule has 1 aromatic heterocycles. The Kier molecular flexibility index (Phi) is 13.3. The molecule has 7 heteroatoms. The molecule has 2 aliphatic heterocycles. The highest BCUT2D eigenvalue weighted by Crippen LogP contribution is 2.43. The highest BCUT2D eigenvalue weighted by molar-refractivity contribution is 5.91. The molecule has 0 saturated carbocycles. The van der Waals surface area contributed by atoms with E-state index in [4.69, 9.17) is 10.5 Å². The summed E-state index contributed by atoms with van der Waals surface area (Å²) in [5, 5.41) is 0. The normalized spacial score (nSPS) is 18.1. The van der Waals surface area contributed by atoms with Crippen molar-refractivity contribution in [1.29, 1.82) is 0 Å². The molecule has 7 nitrogen and oxygen atoms in total. The summed E-state index contributed by atoms with van der Waals surface area (Å²) in [6.45, 7) is 10.9. The van der Waals surface area contributed by atoms with Crippen molar-refractivity contribution in [2.24, 2.45) is 11.7 Å². The van der Waals surface area contributed by atoms with Gasteiger partial charge >= 0.3 is 0 Å². The lowest BCUT2D eigenvalue weighted by molar-refractivity contribution is -0.123. The number of benzene rings is 2. The number of primary amides is 1. The fourth-order valence-corrected chi connectivity index (χ4v) is 8.29. The van der Waals surface area contributed by atoms with E-state index in [0.29, 0.717) is 6.04 Å². The number of carbonyl (C=O) groups is 1. The maximum atomic E-state index is 13.3. The van der Waals surface area contributed by atoms with Gasteiger partial charge in [-0.25, -0.2) is 0 Å². The molecule has 0 aliphatic carbocycles. The molecule has 1 amide bonds. The maximum Gasteiger partial charge on any atom is 0.232 e. The molecule has 2 fully saturated rings. The van der Waals surface area contributed by atoms with E-state index in [2.05, 4.69) is 50.9 Å². The lowest BCUT2D eigenvalue weighted by Crippen LogP contribution is -2.49. The molecule has 0 bridgehead atoms.